The Morgan fingerprint density at radius 2 is 2.05 bits per heavy atom. The van der Waals surface area contributed by atoms with Crippen LogP contribution in [0.1, 0.15) is 18.1 Å². The molecule has 1 aliphatic heterocycles. The molecular formula is C16H15FN2O2. The average Bonchev–Trinajstić information content (AvgIpc) is 2.48. The summed E-state index contributed by atoms with van der Waals surface area (Å²) in [6.45, 7) is 0.416. The predicted octanol–water partition coefficient (Wildman–Crippen LogP) is 3.30. The first-order chi connectivity index (χ1) is 10.1. The molecule has 0 saturated heterocycles. The van der Waals surface area contributed by atoms with E-state index in [-0.39, 0.29) is 6.03 Å². The fourth-order valence-corrected chi connectivity index (χ4v) is 2.51. The maximum absolute atomic E-state index is 13.2. The van der Waals surface area contributed by atoms with E-state index in [0.29, 0.717) is 24.3 Å². The molecule has 0 aliphatic carbocycles. The highest BCUT2D eigenvalue weighted by Crippen LogP contribution is 2.33. The number of hydrogen-bond acceptors (Lipinski definition) is 2. The Morgan fingerprint density at radius 1 is 1.24 bits per heavy atom. The molecule has 3 rings (SSSR count). The topological polar surface area (TPSA) is 52.6 Å². The van der Waals surface area contributed by atoms with Crippen LogP contribution in [0.2, 0.25) is 0 Å². The molecular weight excluding hydrogens is 271 g/mol. The molecule has 1 unspecified atom stereocenters. The van der Waals surface area contributed by atoms with Crippen molar-refractivity contribution in [3.05, 3.63) is 59.9 Å². The average molecular weight is 286 g/mol. The van der Waals surface area contributed by atoms with Crippen molar-refractivity contribution in [1.29, 1.82) is 0 Å². The smallest absolute Gasteiger partial charge is 0.326 e. The molecule has 2 amide bonds. The highest BCUT2D eigenvalue weighted by molar-refractivity contribution is 6.02. The van der Waals surface area contributed by atoms with Crippen molar-refractivity contribution in [2.24, 2.45) is 0 Å². The molecule has 2 aromatic carbocycles. The van der Waals surface area contributed by atoms with Crippen LogP contribution in [0.25, 0.3) is 0 Å². The third kappa shape index (κ3) is 2.73. The molecule has 2 aromatic rings. The van der Waals surface area contributed by atoms with Crippen LogP contribution in [0.15, 0.2) is 48.5 Å². The van der Waals surface area contributed by atoms with E-state index in [9.17, 15) is 14.3 Å². The SMILES string of the molecule is O=C(Nc1cccc(F)c1)N1CCC(O)c2ccccc21. The maximum atomic E-state index is 13.2. The largest absolute Gasteiger partial charge is 0.388 e. The first-order valence-electron chi connectivity index (χ1n) is 6.76. The molecule has 2 N–H and O–H groups in total. The third-order valence-electron chi connectivity index (χ3n) is 3.53. The highest BCUT2D eigenvalue weighted by atomic mass is 19.1. The minimum Gasteiger partial charge on any atom is -0.388 e. The molecule has 0 aromatic heterocycles. The van der Waals surface area contributed by atoms with Crippen molar-refractivity contribution in [3.63, 3.8) is 0 Å². The van der Waals surface area contributed by atoms with Crippen LogP contribution in [0.4, 0.5) is 20.6 Å². The number of nitrogens with zero attached hydrogens (tertiary/aromatic N) is 1. The Labute approximate surface area is 121 Å². The monoisotopic (exact) mass is 286 g/mol. The lowest BCUT2D eigenvalue weighted by atomic mass is 9.99. The number of rotatable bonds is 1. The van der Waals surface area contributed by atoms with Crippen LogP contribution >= 0.6 is 0 Å². The van der Waals surface area contributed by atoms with Gasteiger partial charge in [0, 0.05) is 17.8 Å². The Hall–Kier alpha value is -2.40. The first-order valence-corrected chi connectivity index (χ1v) is 6.76. The second-order valence-electron chi connectivity index (χ2n) is 4.96. The quantitative estimate of drug-likeness (QED) is 0.845. The molecule has 1 aliphatic rings. The van der Waals surface area contributed by atoms with Crippen LogP contribution in [0.5, 0.6) is 0 Å². The summed E-state index contributed by atoms with van der Waals surface area (Å²) in [6.07, 6.45) is -0.0763. The van der Waals surface area contributed by atoms with E-state index < -0.39 is 11.9 Å². The van der Waals surface area contributed by atoms with Crippen LogP contribution < -0.4 is 10.2 Å². The number of carbonyl (C=O) groups excluding carboxylic acids is 1. The summed E-state index contributed by atoms with van der Waals surface area (Å²) in [5.41, 5.74) is 1.83. The van der Waals surface area contributed by atoms with Gasteiger partial charge in [0.2, 0.25) is 0 Å². The summed E-state index contributed by atoms with van der Waals surface area (Å²) in [6, 6.07) is 12.7. The highest BCUT2D eigenvalue weighted by Gasteiger charge is 2.27. The number of benzene rings is 2. The number of nitrogens with one attached hydrogen (secondary N) is 1. The zero-order chi connectivity index (χ0) is 14.8. The lowest BCUT2D eigenvalue weighted by Crippen LogP contribution is -2.39. The molecule has 0 spiro atoms. The first kappa shape index (κ1) is 13.6. The van der Waals surface area contributed by atoms with Gasteiger partial charge in [0.25, 0.3) is 0 Å². The molecule has 0 saturated carbocycles. The van der Waals surface area contributed by atoms with Crippen molar-refractivity contribution in [3.8, 4) is 0 Å². The summed E-state index contributed by atoms with van der Waals surface area (Å²) >= 11 is 0. The molecule has 108 valence electrons. The zero-order valence-corrected chi connectivity index (χ0v) is 11.3. The number of fused-ring (bicyclic) bond motifs is 1. The van der Waals surface area contributed by atoms with E-state index in [4.69, 9.17) is 0 Å². The predicted molar refractivity (Wildman–Crippen MR) is 78.8 cm³/mol. The van der Waals surface area contributed by atoms with Crippen molar-refractivity contribution in [2.45, 2.75) is 12.5 Å². The Bertz CT molecular complexity index is 675. The number of halogens is 1. The molecule has 1 heterocycles. The lowest BCUT2D eigenvalue weighted by molar-refractivity contribution is 0.164. The second kappa shape index (κ2) is 5.54. The Balaban J connectivity index is 1.84. The molecule has 4 nitrogen and oxygen atoms in total. The Kier molecular flexibility index (Phi) is 3.58. The third-order valence-corrected chi connectivity index (χ3v) is 3.53. The van der Waals surface area contributed by atoms with Crippen LogP contribution in [-0.4, -0.2) is 17.7 Å². The van der Waals surface area contributed by atoms with E-state index in [1.807, 2.05) is 18.2 Å². The fourth-order valence-electron chi connectivity index (χ4n) is 2.51. The van der Waals surface area contributed by atoms with Gasteiger partial charge in [-0.15, -0.1) is 0 Å². The number of para-hydroxylation sites is 1. The molecule has 21 heavy (non-hydrogen) atoms. The van der Waals surface area contributed by atoms with Gasteiger partial charge < -0.3 is 10.4 Å². The van der Waals surface area contributed by atoms with Crippen molar-refractivity contribution >= 4 is 17.4 Å². The van der Waals surface area contributed by atoms with Crippen LogP contribution in [-0.2, 0) is 0 Å². The number of anilines is 2. The summed E-state index contributed by atoms with van der Waals surface area (Å²) in [4.78, 5) is 13.9. The van der Waals surface area contributed by atoms with Gasteiger partial charge in [0.15, 0.2) is 0 Å². The minimum absolute atomic E-state index is 0.333. The number of aliphatic hydroxyl groups is 1. The maximum Gasteiger partial charge on any atom is 0.326 e. The van der Waals surface area contributed by atoms with Gasteiger partial charge in [-0.3, -0.25) is 4.90 Å². The normalized spacial score (nSPS) is 17.2. The fraction of sp³-hybridized carbons (Fsp3) is 0.188. The van der Waals surface area contributed by atoms with Gasteiger partial charge in [0.05, 0.1) is 11.8 Å². The van der Waals surface area contributed by atoms with Crippen LogP contribution in [0.3, 0.4) is 0 Å². The van der Waals surface area contributed by atoms with E-state index in [1.54, 1.807) is 23.1 Å². The standard InChI is InChI=1S/C16H15FN2O2/c17-11-4-3-5-12(10-11)18-16(21)19-9-8-15(20)13-6-1-2-7-14(13)19/h1-7,10,15,20H,8-9H2,(H,18,21). The molecule has 0 radical (unpaired) electrons. The molecule has 5 heteroatoms. The minimum atomic E-state index is -0.556. The van der Waals surface area contributed by atoms with Gasteiger partial charge in [-0.05, 0) is 30.7 Å². The van der Waals surface area contributed by atoms with Gasteiger partial charge in [0.1, 0.15) is 5.82 Å². The summed E-state index contributed by atoms with van der Waals surface area (Å²) in [7, 11) is 0. The van der Waals surface area contributed by atoms with E-state index in [0.717, 1.165) is 5.56 Å². The van der Waals surface area contributed by atoms with Gasteiger partial charge in [-0.25, -0.2) is 9.18 Å². The van der Waals surface area contributed by atoms with Gasteiger partial charge in [-0.2, -0.15) is 0 Å². The number of aliphatic hydroxyl groups excluding tert-OH is 1. The lowest BCUT2D eigenvalue weighted by Gasteiger charge is -2.32. The van der Waals surface area contributed by atoms with Crippen molar-refractivity contribution in [1.82, 2.24) is 0 Å². The zero-order valence-electron chi connectivity index (χ0n) is 11.3. The van der Waals surface area contributed by atoms with E-state index in [1.165, 1.54) is 12.1 Å². The van der Waals surface area contributed by atoms with Gasteiger partial charge in [-0.1, -0.05) is 24.3 Å². The van der Waals surface area contributed by atoms with Crippen LogP contribution in [0, 0.1) is 5.82 Å². The molecule has 0 bridgehead atoms. The number of amides is 2. The van der Waals surface area contributed by atoms with E-state index >= 15 is 0 Å². The van der Waals surface area contributed by atoms with Crippen molar-refractivity contribution in [2.75, 3.05) is 16.8 Å². The summed E-state index contributed by atoms with van der Waals surface area (Å²) < 4.78 is 13.2. The Morgan fingerprint density at radius 3 is 2.86 bits per heavy atom. The summed E-state index contributed by atoms with van der Waals surface area (Å²) in [5.74, 6) is -0.401. The number of urea groups is 1. The summed E-state index contributed by atoms with van der Waals surface area (Å²) in [5, 5.41) is 12.7. The molecule has 1 atom stereocenters. The van der Waals surface area contributed by atoms with Gasteiger partial charge >= 0.3 is 6.03 Å². The molecule has 0 fully saturated rings. The van der Waals surface area contributed by atoms with Crippen molar-refractivity contribution < 1.29 is 14.3 Å². The second-order valence-corrected chi connectivity index (χ2v) is 4.96. The van der Waals surface area contributed by atoms with E-state index in [2.05, 4.69) is 5.32 Å². The number of carbonyl (C=O) groups is 1. The number of hydrogen-bond donors (Lipinski definition) is 2.